The van der Waals surface area contributed by atoms with Crippen LogP contribution in [0.2, 0.25) is 0 Å². The Hall–Kier alpha value is -7.87. The summed E-state index contributed by atoms with van der Waals surface area (Å²) in [6.07, 6.45) is -12.6. The van der Waals surface area contributed by atoms with E-state index in [-0.39, 0.29) is 5.56 Å². The molecule has 0 radical (unpaired) electrons. The molecule has 2 aromatic carbocycles. The van der Waals surface area contributed by atoms with Gasteiger partial charge in [0.05, 0.1) is 68.2 Å². The second-order valence-corrected chi connectivity index (χ2v) is 23.1. The molecule has 3 saturated heterocycles. The van der Waals surface area contributed by atoms with Gasteiger partial charge in [0.15, 0.2) is 0 Å². The Balaban J connectivity index is 1.43. The lowest BCUT2D eigenvalue weighted by atomic mass is 9.82. The zero-order valence-electron chi connectivity index (χ0n) is 48.7. The molecule has 4 amide bonds. The quantitative estimate of drug-likeness (QED) is 0.00582. The Morgan fingerprint density at radius 2 is 1.36 bits per heavy atom. The summed E-state index contributed by atoms with van der Waals surface area (Å²) in [6, 6.07) is 0.0863. The fourth-order valence-corrected chi connectivity index (χ4v) is 9.86. The number of fused-ring (bicyclic) bond motifs is 2. The van der Waals surface area contributed by atoms with Crippen LogP contribution in [0.15, 0.2) is 61.1 Å². The Labute approximate surface area is 507 Å². The van der Waals surface area contributed by atoms with E-state index in [0.29, 0.717) is 113 Å². The normalized spacial score (nSPS) is 17.9. The maximum absolute atomic E-state index is 16.3. The van der Waals surface area contributed by atoms with E-state index in [2.05, 4.69) is 55.7 Å². The average Bonchev–Trinajstić information content (AvgIpc) is 1.49. The van der Waals surface area contributed by atoms with Gasteiger partial charge in [-0.15, -0.1) is 0 Å². The van der Waals surface area contributed by atoms with Crippen molar-refractivity contribution in [3.8, 4) is 11.8 Å². The van der Waals surface area contributed by atoms with Gasteiger partial charge in [-0.25, -0.2) is 47.2 Å². The molecular formula is C54H64F10N11O14P. The van der Waals surface area contributed by atoms with Crippen molar-refractivity contribution < 1.29 is 110 Å². The number of piperazine rings is 1. The first-order valence-corrected chi connectivity index (χ1v) is 28.6. The largest absolute Gasteiger partial charge is 0.510 e. The molecule has 3 aliphatic heterocycles. The monoisotopic (exact) mass is 1310 g/mol. The van der Waals surface area contributed by atoms with Gasteiger partial charge in [-0.05, 0) is 82.9 Å². The fourth-order valence-electron chi connectivity index (χ4n) is 9.67. The number of methoxy groups -OCH3 is 2. The summed E-state index contributed by atoms with van der Waals surface area (Å²) in [5.74, 6) is -0.438. The third-order valence-electron chi connectivity index (χ3n) is 15.0. The molecule has 2 unspecified atom stereocenters. The molecule has 8 N–H and O–H groups in total. The molecule has 0 aliphatic carbocycles. The minimum absolute atomic E-state index is 0.0783. The molecule has 4 heterocycles. The molecule has 3 aliphatic rings. The SMILES string of the molecule is COC(=O)N[C@H](C(=O)N[C@@H](Cc1ccc(C#Cc2cnc(N3CC4CCC(C3)N4C3COC3)nc2)cc1)[C@H](CN(Cc1c(F)cc(C(=N)/C=C\NC(F)F)cc1F)NC(=O)[C@@H](NC(=O)OC)C(C)(C)C(F)(F)F)OC(=O)OCOP(=O)(O)O)C(C)(C)C(F)(F)F. The van der Waals surface area contributed by atoms with Crippen molar-refractivity contribution in [3.05, 3.63) is 101 Å². The van der Waals surface area contributed by atoms with E-state index in [4.69, 9.17) is 14.9 Å². The van der Waals surface area contributed by atoms with Gasteiger partial charge < -0.3 is 65.0 Å². The van der Waals surface area contributed by atoms with Crippen molar-refractivity contribution in [1.29, 1.82) is 5.41 Å². The summed E-state index contributed by atoms with van der Waals surface area (Å²) in [4.78, 5) is 99.7. The number of carbonyl (C=O) groups excluding carboxylic acids is 5. The van der Waals surface area contributed by atoms with Gasteiger partial charge in [-0.2, -0.15) is 35.1 Å². The van der Waals surface area contributed by atoms with Crippen molar-refractivity contribution in [3.63, 3.8) is 0 Å². The molecule has 0 spiro atoms. The molecule has 2 bridgehead atoms. The number of halogens is 10. The van der Waals surface area contributed by atoms with Gasteiger partial charge in [0, 0.05) is 67.0 Å². The molecule has 3 fully saturated rings. The van der Waals surface area contributed by atoms with Crippen LogP contribution >= 0.6 is 7.82 Å². The maximum Gasteiger partial charge on any atom is 0.510 e. The van der Waals surface area contributed by atoms with Crippen molar-refractivity contribution in [2.24, 2.45) is 10.8 Å². The number of hydrazine groups is 1. The van der Waals surface area contributed by atoms with Gasteiger partial charge in [0.25, 0.3) is 5.91 Å². The lowest BCUT2D eigenvalue weighted by Gasteiger charge is -2.47. The minimum atomic E-state index is -5.43. The highest BCUT2D eigenvalue weighted by atomic mass is 31.2. The Morgan fingerprint density at radius 1 is 0.822 bits per heavy atom. The maximum atomic E-state index is 16.3. The second kappa shape index (κ2) is 29.8. The highest BCUT2D eigenvalue weighted by Crippen LogP contribution is 2.42. The Bertz CT molecular complexity index is 3160. The zero-order valence-corrected chi connectivity index (χ0v) is 49.6. The minimum Gasteiger partial charge on any atom is -0.453 e. The number of hydrogen-bond donors (Lipinski definition) is 8. The number of ether oxygens (including phenoxy) is 5. The molecule has 6 atom stereocenters. The summed E-state index contributed by atoms with van der Waals surface area (Å²) in [6.45, 7) is -2.75. The van der Waals surface area contributed by atoms with E-state index < -0.39 is 147 Å². The van der Waals surface area contributed by atoms with E-state index >= 15 is 8.78 Å². The summed E-state index contributed by atoms with van der Waals surface area (Å²) < 4.78 is 187. The van der Waals surface area contributed by atoms with Crippen molar-refractivity contribution in [2.45, 2.75) is 115 Å². The fraction of sp³-hybridized carbons (Fsp3) is 0.519. The highest BCUT2D eigenvalue weighted by molar-refractivity contribution is 7.46. The average molecular weight is 1310 g/mol. The van der Waals surface area contributed by atoms with Crippen LogP contribution in [0, 0.1) is 39.7 Å². The first-order chi connectivity index (χ1) is 42.0. The number of phosphoric ester groups is 1. The van der Waals surface area contributed by atoms with Crippen LogP contribution in [0.4, 0.5) is 64.2 Å². The molecular weight excluding hydrogens is 1250 g/mol. The van der Waals surface area contributed by atoms with Crippen LogP contribution in [0.1, 0.15) is 68.4 Å². The molecule has 1 aromatic heterocycles. The van der Waals surface area contributed by atoms with Gasteiger partial charge in [0.1, 0.15) is 29.8 Å². The topological polar surface area (TPSA) is 318 Å². The number of rotatable bonds is 25. The molecule has 494 valence electrons. The van der Waals surface area contributed by atoms with E-state index in [1.807, 2.05) is 5.43 Å². The third kappa shape index (κ3) is 18.9. The highest BCUT2D eigenvalue weighted by Gasteiger charge is 2.57. The number of benzene rings is 2. The summed E-state index contributed by atoms with van der Waals surface area (Å²) in [5, 5.41) is 15.7. The number of allylic oxidation sites excluding steroid dienone is 1. The number of alkyl halides is 8. The van der Waals surface area contributed by atoms with Crippen LogP contribution in [0.25, 0.3) is 0 Å². The first-order valence-electron chi connectivity index (χ1n) is 27.0. The van der Waals surface area contributed by atoms with Crippen LogP contribution in [0.5, 0.6) is 0 Å². The smallest absolute Gasteiger partial charge is 0.453 e. The van der Waals surface area contributed by atoms with Crippen LogP contribution < -0.4 is 31.6 Å². The van der Waals surface area contributed by atoms with Gasteiger partial charge in [0.2, 0.25) is 18.6 Å². The van der Waals surface area contributed by atoms with Crippen molar-refractivity contribution in [1.82, 2.24) is 46.6 Å². The summed E-state index contributed by atoms with van der Waals surface area (Å²) >= 11 is 0. The molecule has 25 nitrogen and oxygen atoms in total. The number of aromatic nitrogens is 2. The van der Waals surface area contributed by atoms with Gasteiger partial charge in [-0.3, -0.25) is 19.9 Å². The number of anilines is 1. The molecule has 3 aromatic rings. The van der Waals surface area contributed by atoms with E-state index in [0.717, 1.165) is 33.0 Å². The van der Waals surface area contributed by atoms with Gasteiger partial charge in [-0.1, -0.05) is 24.0 Å². The van der Waals surface area contributed by atoms with Crippen molar-refractivity contribution >= 4 is 49.6 Å². The lowest BCUT2D eigenvalue weighted by Crippen LogP contribution is -2.64. The van der Waals surface area contributed by atoms with Gasteiger partial charge >= 0.3 is 45.1 Å². The number of phosphoric acid groups is 1. The number of hydrogen-bond acceptors (Lipinski definition) is 19. The van der Waals surface area contributed by atoms with E-state index in [1.54, 1.807) is 10.6 Å². The number of amides is 4. The van der Waals surface area contributed by atoms with Crippen LogP contribution in [0.3, 0.4) is 0 Å². The van der Waals surface area contributed by atoms with E-state index in [9.17, 15) is 73.4 Å². The molecule has 0 saturated carbocycles. The summed E-state index contributed by atoms with van der Waals surface area (Å²) in [5.41, 5.74) is -6.24. The molecule has 36 heteroatoms. The number of carbonyl (C=O) groups is 5. The van der Waals surface area contributed by atoms with Crippen molar-refractivity contribution in [2.75, 3.05) is 58.8 Å². The zero-order chi connectivity index (χ0) is 66.7. The first kappa shape index (κ1) is 71.2. The Morgan fingerprint density at radius 3 is 1.84 bits per heavy atom. The summed E-state index contributed by atoms with van der Waals surface area (Å²) in [7, 11) is -3.98. The van der Waals surface area contributed by atoms with Crippen LogP contribution in [-0.2, 0) is 55.3 Å². The predicted molar refractivity (Wildman–Crippen MR) is 293 cm³/mol. The van der Waals surface area contributed by atoms with E-state index in [1.165, 1.54) is 42.0 Å². The molecule has 90 heavy (non-hydrogen) atoms. The Kier molecular flexibility index (Phi) is 23.6. The number of nitrogens with one attached hydrogen (secondary N) is 6. The second-order valence-electron chi connectivity index (χ2n) is 21.8. The molecule has 6 rings (SSSR count). The lowest BCUT2D eigenvalue weighted by molar-refractivity contribution is -0.221. The third-order valence-corrected chi connectivity index (χ3v) is 15.4. The predicted octanol–water partition coefficient (Wildman–Crippen LogP) is 5.68. The standard InChI is InChI=1S/C54H64F10N11O14P/c1-51(2,53(59,60)61)42(70-48(78)84-5)44(76)69-40(17-30-10-7-29(8-11-30)9-12-31-20-67-47(68-21-31)73-22-33-13-14-34(23-73)75(33)35-26-86-27-35)41(89-50(80)87-28-88-90(81,82)83)25-74(72-45(77)43(71-49(79)85-6)52(3,4)54(62,63)64)24-36-37(55)18-32(19-38(36)56)39(65)15-16-66-46(57)58/h7-8,10-11,15-16,18-21,33-35,40-43,46,65-66H,13-14,17,22-28H2,1-6H3,(H,69,76)(H,70,78)(H,71,79)(H,72,77)(H2,81,82,83)/b16-15-,65-39?/t33?,34?,40-,41-,42+,43+/m0/s1. The number of nitrogens with zero attached hydrogens (tertiary/aromatic N) is 5. The number of alkyl carbamates (subject to hydrolysis) is 2. The van der Waals surface area contributed by atoms with Crippen LogP contribution in [-0.4, -0.2) is 181 Å².